The van der Waals surface area contributed by atoms with Crippen LogP contribution >= 0.6 is 0 Å². The number of aliphatic hydroxyl groups is 5. The lowest BCUT2D eigenvalue weighted by molar-refractivity contribution is -0.305. The predicted octanol–water partition coefficient (Wildman–Crippen LogP) is 12.4. The third kappa shape index (κ3) is 35.3. The summed E-state index contributed by atoms with van der Waals surface area (Å²) in [6, 6.07) is -1.06. The number of esters is 1. The van der Waals surface area contributed by atoms with Gasteiger partial charge < -0.3 is 45.1 Å². The fraction of sp³-hybridized carbons (Fsp3) is 0.763. The van der Waals surface area contributed by atoms with E-state index < -0.39 is 67.4 Å². The number of carbonyl (C=O) groups excluding carboxylic acids is 2. The average molecular weight is 986 g/mol. The Morgan fingerprint density at radius 1 is 0.557 bits per heavy atom. The second kappa shape index (κ2) is 47.1. The number of ether oxygens (including phenoxy) is 3. The number of allylic oxidation sites excluding steroid dienone is 11. The molecule has 0 aromatic heterocycles. The van der Waals surface area contributed by atoms with Gasteiger partial charge in [-0.1, -0.05) is 203 Å². The van der Waals surface area contributed by atoms with Crippen LogP contribution in [0.2, 0.25) is 0 Å². The van der Waals surface area contributed by atoms with Gasteiger partial charge in [0.1, 0.15) is 24.4 Å². The number of rotatable bonds is 46. The molecule has 0 spiro atoms. The number of unbranched alkanes of at least 4 members (excludes halogenated alkanes) is 22. The lowest BCUT2D eigenvalue weighted by Gasteiger charge is -2.41. The molecule has 0 radical (unpaired) electrons. The SMILES string of the molecule is CCCCC/C=C\C/C=C\C/C=C\C/C=C\CCC(O)C(=O)NC(COC1OC(CO)C(O)C(O)C1OC(=O)CCCCC/C=C\CCCCCCCC)C(O)/C=C/CCCCCCCCCCCC. The molecule has 1 amide bonds. The fourth-order valence-corrected chi connectivity index (χ4v) is 8.28. The number of hydrogen-bond acceptors (Lipinski definition) is 10. The predicted molar refractivity (Wildman–Crippen MR) is 287 cm³/mol. The van der Waals surface area contributed by atoms with Crippen molar-refractivity contribution >= 4 is 11.9 Å². The molecule has 1 aliphatic rings. The van der Waals surface area contributed by atoms with Gasteiger partial charge in [0.25, 0.3) is 0 Å². The zero-order chi connectivity index (χ0) is 51.1. The van der Waals surface area contributed by atoms with E-state index in [-0.39, 0.29) is 19.4 Å². The molecule has 1 rings (SSSR count). The molecule has 404 valence electrons. The van der Waals surface area contributed by atoms with E-state index in [0.29, 0.717) is 12.8 Å². The highest BCUT2D eigenvalue weighted by Gasteiger charge is 2.47. The Morgan fingerprint density at radius 3 is 1.51 bits per heavy atom. The van der Waals surface area contributed by atoms with Crippen LogP contribution in [0.3, 0.4) is 0 Å². The van der Waals surface area contributed by atoms with Crippen molar-refractivity contribution in [1.29, 1.82) is 0 Å². The van der Waals surface area contributed by atoms with Gasteiger partial charge >= 0.3 is 5.97 Å². The maximum absolute atomic E-state index is 13.3. The van der Waals surface area contributed by atoms with E-state index in [2.05, 4.69) is 74.7 Å². The molecular formula is C59H103NO10. The highest BCUT2D eigenvalue weighted by molar-refractivity contribution is 5.80. The second-order valence-corrected chi connectivity index (χ2v) is 19.3. The van der Waals surface area contributed by atoms with Crippen LogP contribution in [0.5, 0.6) is 0 Å². The molecule has 0 aliphatic carbocycles. The quantitative estimate of drug-likeness (QED) is 0.0196. The summed E-state index contributed by atoms with van der Waals surface area (Å²) >= 11 is 0. The van der Waals surface area contributed by atoms with Gasteiger partial charge in [0, 0.05) is 6.42 Å². The van der Waals surface area contributed by atoms with Crippen LogP contribution in [-0.4, -0.2) is 99.6 Å². The summed E-state index contributed by atoms with van der Waals surface area (Å²) in [4.78, 5) is 26.4. The van der Waals surface area contributed by atoms with E-state index in [1.165, 1.54) is 103 Å². The molecule has 11 heteroatoms. The van der Waals surface area contributed by atoms with Crippen molar-refractivity contribution in [2.24, 2.45) is 0 Å². The van der Waals surface area contributed by atoms with Gasteiger partial charge in [0.2, 0.25) is 5.91 Å². The second-order valence-electron chi connectivity index (χ2n) is 19.3. The summed E-state index contributed by atoms with van der Waals surface area (Å²) in [5.41, 5.74) is 0. The van der Waals surface area contributed by atoms with Crippen LogP contribution in [0.15, 0.2) is 72.9 Å². The summed E-state index contributed by atoms with van der Waals surface area (Å²) in [6.45, 7) is 5.68. The molecule has 1 saturated heterocycles. The van der Waals surface area contributed by atoms with Gasteiger partial charge in [0.15, 0.2) is 12.4 Å². The van der Waals surface area contributed by atoms with Crippen molar-refractivity contribution in [1.82, 2.24) is 5.32 Å². The van der Waals surface area contributed by atoms with Crippen molar-refractivity contribution in [3.63, 3.8) is 0 Å². The number of hydrogen-bond donors (Lipinski definition) is 6. The van der Waals surface area contributed by atoms with E-state index in [0.717, 1.165) is 77.0 Å². The normalized spacial score (nSPS) is 20.3. The van der Waals surface area contributed by atoms with Crippen molar-refractivity contribution in [3.05, 3.63) is 72.9 Å². The average Bonchev–Trinajstić information content (AvgIpc) is 3.36. The molecule has 70 heavy (non-hydrogen) atoms. The van der Waals surface area contributed by atoms with E-state index in [1.54, 1.807) is 6.08 Å². The van der Waals surface area contributed by atoms with Crippen LogP contribution in [0.4, 0.5) is 0 Å². The molecule has 6 N–H and O–H groups in total. The smallest absolute Gasteiger partial charge is 0.306 e. The van der Waals surface area contributed by atoms with E-state index >= 15 is 0 Å². The highest BCUT2D eigenvalue weighted by Crippen LogP contribution is 2.26. The first-order chi connectivity index (χ1) is 34.2. The summed E-state index contributed by atoms with van der Waals surface area (Å²) in [7, 11) is 0. The molecule has 8 unspecified atom stereocenters. The minimum atomic E-state index is -1.63. The molecule has 0 bridgehead atoms. The molecular weight excluding hydrogens is 883 g/mol. The number of carbonyl (C=O) groups is 2. The Labute approximate surface area is 426 Å². The maximum Gasteiger partial charge on any atom is 0.306 e. The molecule has 0 aromatic carbocycles. The van der Waals surface area contributed by atoms with Gasteiger partial charge in [0.05, 0.1) is 25.4 Å². The first-order valence-electron chi connectivity index (χ1n) is 28.2. The monoisotopic (exact) mass is 986 g/mol. The van der Waals surface area contributed by atoms with E-state index in [1.807, 2.05) is 18.2 Å². The zero-order valence-corrected chi connectivity index (χ0v) is 44.4. The number of amides is 1. The summed E-state index contributed by atoms with van der Waals surface area (Å²) in [6.07, 6.45) is 48.1. The Hall–Kier alpha value is -2.90. The van der Waals surface area contributed by atoms with Gasteiger partial charge in [-0.15, -0.1) is 0 Å². The van der Waals surface area contributed by atoms with Crippen molar-refractivity contribution in [2.75, 3.05) is 13.2 Å². The summed E-state index contributed by atoms with van der Waals surface area (Å²) < 4.78 is 17.5. The Balaban J connectivity index is 2.81. The van der Waals surface area contributed by atoms with E-state index in [9.17, 15) is 35.1 Å². The first kappa shape index (κ1) is 65.1. The standard InChI is InChI=1S/C59H103NO10/c1-4-7-10-13-16-19-22-25-26-27-29-31-34-37-40-43-46-52(63)58(67)60-50(51(62)45-42-39-36-33-30-24-21-18-15-12-9-6-3)49-68-59-57(56(66)55(65)53(48-61)69-59)70-54(64)47-44-41-38-35-32-28-23-20-17-14-11-8-5-2/h16,19,25-26,28-29,31-32,37,40,42,45,50-53,55-57,59,61-63,65-66H,4-15,17-18,20-24,27,30,33-36,38-39,41,43-44,46-49H2,1-3H3,(H,60,67)/b19-16-,26-25-,31-29-,32-28-,40-37-,45-42+. The van der Waals surface area contributed by atoms with E-state index in [4.69, 9.17) is 14.2 Å². The molecule has 1 aliphatic heterocycles. The van der Waals surface area contributed by atoms with Crippen LogP contribution in [0.1, 0.15) is 226 Å². The van der Waals surface area contributed by atoms with Crippen molar-refractivity contribution in [2.45, 2.75) is 275 Å². The van der Waals surface area contributed by atoms with Gasteiger partial charge in [-0.3, -0.25) is 9.59 Å². The lowest BCUT2D eigenvalue weighted by Crippen LogP contribution is -2.61. The Kier molecular flexibility index (Phi) is 43.8. The molecule has 1 heterocycles. The van der Waals surface area contributed by atoms with Crippen LogP contribution in [-0.2, 0) is 23.8 Å². The fourth-order valence-electron chi connectivity index (χ4n) is 8.28. The van der Waals surface area contributed by atoms with Gasteiger partial charge in [-0.05, 0) is 89.9 Å². The Bertz CT molecular complexity index is 1410. The zero-order valence-electron chi connectivity index (χ0n) is 44.4. The summed E-state index contributed by atoms with van der Waals surface area (Å²) in [5, 5.41) is 56.6. The molecule has 0 saturated carbocycles. The number of aliphatic hydroxyl groups excluding tert-OH is 5. The summed E-state index contributed by atoms with van der Waals surface area (Å²) in [5.74, 6) is -1.28. The largest absolute Gasteiger partial charge is 0.454 e. The van der Waals surface area contributed by atoms with Crippen molar-refractivity contribution < 1.29 is 49.3 Å². The third-order valence-electron chi connectivity index (χ3n) is 12.8. The topological polar surface area (TPSA) is 175 Å². The third-order valence-corrected chi connectivity index (χ3v) is 12.8. The molecule has 0 aromatic rings. The molecule has 11 nitrogen and oxygen atoms in total. The van der Waals surface area contributed by atoms with Crippen molar-refractivity contribution in [3.8, 4) is 0 Å². The Morgan fingerprint density at radius 2 is 0.986 bits per heavy atom. The lowest BCUT2D eigenvalue weighted by atomic mass is 9.99. The molecule has 1 fully saturated rings. The first-order valence-corrected chi connectivity index (χ1v) is 28.2. The van der Waals surface area contributed by atoms with Gasteiger partial charge in [-0.25, -0.2) is 0 Å². The highest BCUT2D eigenvalue weighted by atomic mass is 16.7. The molecule has 8 atom stereocenters. The van der Waals surface area contributed by atoms with Gasteiger partial charge in [-0.2, -0.15) is 0 Å². The minimum absolute atomic E-state index is 0.0944. The minimum Gasteiger partial charge on any atom is -0.454 e. The number of nitrogens with one attached hydrogen (secondary N) is 1. The van der Waals surface area contributed by atoms with Crippen LogP contribution in [0, 0.1) is 0 Å². The van der Waals surface area contributed by atoms with Crippen LogP contribution < -0.4 is 5.32 Å². The van der Waals surface area contributed by atoms with Crippen LogP contribution in [0.25, 0.3) is 0 Å². The maximum atomic E-state index is 13.3.